The van der Waals surface area contributed by atoms with Gasteiger partial charge in [-0.3, -0.25) is 14.4 Å². The minimum atomic E-state index is -1.51. The maximum atomic E-state index is 14.3. The normalized spacial score (nSPS) is 42.7. The van der Waals surface area contributed by atoms with Gasteiger partial charge in [0.25, 0.3) is 5.91 Å². The van der Waals surface area contributed by atoms with Gasteiger partial charge in [-0.15, -0.1) is 11.3 Å². The molecule has 8 N–H and O–H groups in total. The van der Waals surface area contributed by atoms with E-state index in [-0.39, 0.29) is 47.7 Å². The number of nitrogens with zero attached hydrogens (tertiary/aromatic N) is 1. The van der Waals surface area contributed by atoms with Crippen LogP contribution in [0.15, 0.2) is 29.9 Å². The second-order valence-electron chi connectivity index (χ2n) is 21.4. The number of amides is 1. The van der Waals surface area contributed by atoms with Crippen LogP contribution in [0.1, 0.15) is 115 Å². The lowest BCUT2D eigenvalue weighted by molar-refractivity contribution is -0.340. The number of nitrogens with one attached hydrogen (secondary N) is 1. The highest BCUT2D eigenvalue weighted by Crippen LogP contribution is 2.43. The number of aliphatic hydroxyl groups excluding tert-OH is 4. The van der Waals surface area contributed by atoms with Crippen molar-refractivity contribution in [1.29, 1.82) is 0 Å². The molecule has 73 heavy (non-hydrogen) atoms. The van der Waals surface area contributed by atoms with Crippen molar-refractivity contribution < 1.29 is 82.5 Å². The zero-order valence-corrected chi connectivity index (χ0v) is 45.3. The molecule has 0 spiro atoms. The Labute approximate surface area is 433 Å². The molecule has 21 atom stereocenters. The molecule has 1 saturated carbocycles. The number of hydrogen-bond donors (Lipinski definition) is 7. The topological polar surface area (TPSA) is 277 Å². The number of likely N-dealkylation sites (N-methyl/N-ethyl adjacent to an activating group) is 1. The van der Waals surface area contributed by atoms with E-state index in [4.69, 9.17) is 48.4 Å². The number of hydrogen-bond acceptors (Lipinski definition) is 20. The third-order valence-electron chi connectivity index (χ3n) is 15.2. The van der Waals surface area contributed by atoms with E-state index in [1.807, 2.05) is 19.9 Å². The van der Waals surface area contributed by atoms with Crippen LogP contribution in [-0.4, -0.2) is 193 Å². The molecule has 0 unspecified atom stereocenters. The number of nitrogens with two attached hydrogens (primary N) is 1. The molecule has 0 bridgehead atoms. The molecule has 6 rings (SSSR count). The molecule has 5 aliphatic rings. The van der Waals surface area contributed by atoms with Crippen molar-refractivity contribution in [3.8, 4) is 0 Å². The van der Waals surface area contributed by atoms with E-state index in [1.165, 1.54) is 27.2 Å². The minimum absolute atomic E-state index is 0.0228. The Morgan fingerprint density at radius 1 is 0.904 bits per heavy atom. The van der Waals surface area contributed by atoms with Crippen LogP contribution in [0.25, 0.3) is 0 Å². The fourth-order valence-corrected chi connectivity index (χ4v) is 11.6. The van der Waals surface area contributed by atoms with Crippen LogP contribution in [0.5, 0.6) is 0 Å². The molecule has 1 aromatic heterocycles. The van der Waals surface area contributed by atoms with Gasteiger partial charge in [0.1, 0.15) is 42.7 Å². The summed E-state index contributed by atoms with van der Waals surface area (Å²) in [4.78, 5) is 44.3. The fraction of sp³-hybridized carbons (Fsp3) is 0.788. The molecule has 20 nitrogen and oxygen atoms in total. The number of aliphatic hydroxyl groups is 5. The number of ketones is 1. The largest absolute Gasteiger partial charge is 0.462 e. The van der Waals surface area contributed by atoms with Crippen molar-refractivity contribution >= 4 is 34.0 Å². The van der Waals surface area contributed by atoms with Gasteiger partial charge < -0.3 is 84.1 Å². The zero-order valence-electron chi connectivity index (χ0n) is 44.5. The third kappa shape index (κ3) is 14.3. The summed E-state index contributed by atoms with van der Waals surface area (Å²) in [6.07, 6.45) is -7.93. The average molecular weight is 1050 g/mol. The van der Waals surface area contributed by atoms with Crippen LogP contribution < -0.4 is 11.1 Å². The molecule has 21 heteroatoms. The monoisotopic (exact) mass is 1050 g/mol. The summed E-state index contributed by atoms with van der Waals surface area (Å²) in [7, 11) is 6.46. The molecular weight excluding hydrogens is 971 g/mol. The summed E-state index contributed by atoms with van der Waals surface area (Å²) in [5.74, 6) is -4.19. The van der Waals surface area contributed by atoms with Crippen molar-refractivity contribution in [2.75, 3.05) is 40.7 Å². The highest BCUT2D eigenvalue weighted by molar-refractivity contribution is 7.16. The van der Waals surface area contributed by atoms with E-state index in [2.05, 4.69) is 5.32 Å². The van der Waals surface area contributed by atoms with E-state index in [9.17, 15) is 39.9 Å². The first-order valence-corrected chi connectivity index (χ1v) is 26.6. The molecule has 4 fully saturated rings. The van der Waals surface area contributed by atoms with Crippen molar-refractivity contribution in [1.82, 2.24) is 10.2 Å². The number of carbonyl (C=O) groups is 3. The predicted octanol–water partition coefficient (Wildman–Crippen LogP) is 2.95. The first kappa shape index (κ1) is 59.3. The lowest BCUT2D eigenvalue weighted by Gasteiger charge is -2.50. The van der Waals surface area contributed by atoms with Gasteiger partial charge >= 0.3 is 5.97 Å². The Morgan fingerprint density at radius 3 is 2.19 bits per heavy atom. The number of anilines is 1. The molecule has 3 saturated heterocycles. The lowest BCUT2D eigenvalue weighted by atomic mass is 9.80. The van der Waals surface area contributed by atoms with Gasteiger partial charge in [0.2, 0.25) is 0 Å². The van der Waals surface area contributed by atoms with Crippen LogP contribution >= 0.6 is 11.3 Å². The average Bonchev–Trinajstić information content (AvgIpc) is 4.06. The Morgan fingerprint density at radius 2 is 1.58 bits per heavy atom. The lowest BCUT2D eigenvalue weighted by Crippen LogP contribution is -2.65. The SMILES string of the molecule is CC[C@H]1OC(=O)C[C@@H](O)[C@H](C)[C@@H](O[C@@H]2O[C@H](C)[C@@H](O[C@H]3C[C@@](C)(O)[C@@H](O)[C@H](C)O3)[C@H](N(C)C)[C@H]2O)[C@@H](c2cc(C(=O)NC3CC3)c(N)s2)C[C@@H](C)C(=O)/C=C/C(C)=C/[C@@H]1CO[C@@H]1O[C@H](C)[C@@H](O)[C@@H](OC)[C@H]1OC. The Bertz CT molecular complexity index is 2070. The van der Waals surface area contributed by atoms with Crippen LogP contribution in [0.2, 0.25) is 0 Å². The van der Waals surface area contributed by atoms with E-state index in [0.717, 1.165) is 24.2 Å². The number of esters is 1. The summed E-state index contributed by atoms with van der Waals surface area (Å²) in [6.45, 7) is 13.7. The van der Waals surface area contributed by atoms with E-state index in [1.54, 1.807) is 65.8 Å². The molecule has 1 aliphatic carbocycles. The van der Waals surface area contributed by atoms with Gasteiger partial charge in [0, 0.05) is 55.2 Å². The number of allylic oxidation sites excluding steroid dienone is 3. The van der Waals surface area contributed by atoms with Crippen LogP contribution in [0, 0.1) is 17.8 Å². The van der Waals surface area contributed by atoms with E-state index >= 15 is 0 Å². The van der Waals surface area contributed by atoms with Crippen LogP contribution in [-0.2, 0) is 52.2 Å². The first-order valence-electron chi connectivity index (χ1n) is 25.7. The van der Waals surface area contributed by atoms with Gasteiger partial charge in [-0.1, -0.05) is 38.5 Å². The molecule has 0 aromatic carbocycles. The Kier molecular flexibility index (Phi) is 20.7. The summed E-state index contributed by atoms with van der Waals surface area (Å²) in [6, 6.07) is 0.953. The van der Waals surface area contributed by atoms with Crippen molar-refractivity contribution in [3.63, 3.8) is 0 Å². The minimum Gasteiger partial charge on any atom is -0.462 e. The number of nitrogen functional groups attached to an aromatic ring is 1. The number of thiophene rings is 1. The quantitative estimate of drug-likeness (QED) is 0.132. The van der Waals surface area contributed by atoms with Gasteiger partial charge in [-0.05, 0) is 86.5 Å². The molecular formula is C52H83N3O17S. The van der Waals surface area contributed by atoms with Crippen molar-refractivity contribution in [2.24, 2.45) is 17.8 Å². The highest BCUT2D eigenvalue weighted by Gasteiger charge is 2.52. The summed E-state index contributed by atoms with van der Waals surface area (Å²) in [5, 5.41) is 60.1. The van der Waals surface area contributed by atoms with Crippen LogP contribution in [0.4, 0.5) is 5.00 Å². The number of methoxy groups -OCH3 is 2. The zero-order chi connectivity index (χ0) is 53.8. The molecule has 1 aromatic rings. The second-order valence-corrected chi connectivity index (χ2v) is 22.5. The molecule has 0 radical (unpaired) electrons. The van der Waals surface area contributed by atoms with Gasteiger partial charge in [-0.2, -0.15) is 0 Å². The Balaban J connectivity index is 1.34. The second kappa shape index (κ2) is 25.5. The standard InChI is InChI=1S/C52H83N3O17S/c1-13-36-30(23-66-51-46(65-12)45(64-11)41(59)27(5)68-51)18-24(2)14-17-34(56)25(3)19-32(37-20-33(48(53)73-37)49(62)54-31-15-16-31)43(26(4)35(57)21-38(58)70-36)72-50-42(60)40(55(9)10)44(28(6)69-50)71-39-22-52(8,63)47(61)29(7)67-39/h14,17-18,20,25-32,35-36,39-47,50-51,57,59-61,63H,13,15-16,19,21-23,53H2,1-12H3,(H,54,62)/b17-14+,24-18+/t25-,26+,27-,28-,29+,30-,32-,35-,36-,39+,40-,41-,42-,43-,44-,45-,46-,47+,50+,51-,52-/m1/s1. The van der Waals surface area contributed by atoms with Gasteiger partial charge in [-0.25, -0.2) is 0 Å². The molecule has 1 amide bonds. The predicted molar refractivity (Wildman–Crippen MR) is 268 cm³/mol. The van der Waals surface area contributed by atoms with E-state index in [0.29, 0.717) is 16.9 Å². The maximum absolute atomic E-state index is 14.3. The summed E-state index contributed by atoms with van der Waals surface area (Å²) < 4.78 is 55.6. The van der Waals surface area contributed by atoms with Crippen LogP contribution in [0.3, 0.4) is 0 Å². The third-order valence-corrected chi connectivity index (χ3v) is 16.3. The molecule has 4 aliphatic heterocycles. The van der Waals surface area contributed by atoms with Gasteiger partial charge in [0.05, 0.1) is 65.8 Å². The van der Waals surface area contributed by atoms with E-state index < -0.39 is 140 Å². The number of carbonyl (C=O) groups excluding carboxylic acids is 3. The number of cyclic esters (lactones) is 1. The molecule has 414 valence electrons. The number of rotatable bonds is 14. The molecule has 5 heterocycles. The first-order chi connectivity index (χ1) is 34.4. The maximum Gasteiger partial charge on any atom is 0.308 e. The van der Waals surface area contributed by atoms with Crippen molar-refractivity contribution in [2.45, 2.75) is 210 Å². The fourth-order valence-electron chi connectivity index (χ4n) is 10.6. The van der Waals surface area contributed by atoms with Crippen molar-refractivity contribution in [3.05, 3.63) is 40.3 Å². The Hall–Kier alpha value is -2.97. The summed E-state index contributed by atoms with van der Waals surface area (Å²) >= 11 is 1.16. The number of ether oxygens (including phenoxy) is 9. The summed E-state index contributed by atoms with van der Waals surface area (Å²) in [5.41, 5.74) is 6.01. The smallest absolute Gasteiger partial charge is 0.308 e. The highest BCUT2D eigenvalue weighted by atomic mass is 32.1. The van der Waals surface area contributed by atoms with Gasteiger partial charge in [0.15, 0.2) is 24.7 Å².